The van der Waals surface area contributed by atoms with Gasteiger partial charge < -0.3 is 15.0 Å². The Hall–Kier alpha value is -0.300. The van der Waals surface area contributed by atoms with Gasteiger partial charge >= 0.3 is 5.97 Å². The number of nitrogens with zero attached hydrogens (tertiary/aromatic N) is 2. The van der Waals surface area contributed by atoms with Crippen LogP contribution in [0.4, 0.5) is 0 Å². The van der Waals surface area contributed by atoms with E-state index in [2.05, 4.69) is 10.3 Å². The summed E-state index contributed by atoms with van der Waals surface area (Å²) in [6.45, 7) is 1.30. The zero-order chi connectivity index (χ0) is 26.0. The molecule has 0 spiro atoms. The molecule has 1 aliphatic rings. The van der Waals surface area contributed by atoms with Crippen LogP contribution in [0.3, 0.4) is 0 Å². The number of aromatic nitrogens is 1. The maximum Gasteiger partial charge on any atom is 0.330 e. The summed E-state index contributed by atoms with van der Waals surface area (Å²) in [5, 5.41) is 1.94. The van der Waals surface area contributed by atoms with Crippen LogP contribution in [-0.4, -0.2) is 59.8 Å². The van der Waals surface area contributed by atoms with Gasteiger partial charge in [0.25, 0.3) is 9.70 Å². The van der Waals surface area contributed by atoms with Crippen molar-refractivity contribution in [2.24, 2.45) is 0 Å². The summed E-state index contributed by atoms with van der Waals surface area (Å²) in [7, 11) is 2.66. The highest BCUT2D eigenvalue weighted by Crippen LogP contribution is 2.44. The van der Waals surface area contributed by atoms with E-state index in [4.69, 9.17) is 74.3 Å². The Bertz CT molecular complexity index is 1120. The first-order valence-electron chi connectivity index (χ1n) is 9.52. The molecule has 190 valence electrons. The highest BCUT2D eigenvalue weighted by atomic mass is 35.6. The van der Waals surface area contributed by atoms with Crippen LogP contribution in [0.2, 0.25) is 0 Å². The lowest BCUT2D eigenvalue weighted by atomic mass is 10.1. The fourth-order valence-electron chi connectivity index (χ4n) is 2.84. The summed E-state index contributed by atoms with van der Waals surface area (Å²) < 4.78 is 2.70. The topological polar surface area (TPSA) is 88.6 Å². The number of amides is 2. The largest absolute Gasteiger partial charge is 0.458 e. The summed E-state index contributed by atoms with van der Waals surface area (Å²) in [6, 6.07) is 6.74. The highest BCUT2D eigenvalue weighted by Gasteiger charge is 2.50. The Labute approximate surface area is 242 Å². The number of esters is 1. The minimum Gasteiger partial charge on any atom is -0.458 e. The Balaban J connectivity index is 1.70. The quantitative estimate of drug-likeness (QED) is 0.124. The van der Waals surface area contributed by atoms with E-state index in [0.717, 1.165) is 14.6 Å². The molecule has 2 heterocycles. The van der Waals surface area contributed by atoms with Crippen LogP contribution < -0.4 is 5.32 Å². The van der Waals surface area contributed by atoms with E-state index >= 15 is 0 Å². The maximum atomic E-state index is 12.8. The molecule has 1 N–H and O–H groups in total. The van der Waals surface area contributed by atoms with Gasteiger partial charge in [-0.2, -0.15) is 0 Å². The first-order valence-corrected chi connectivity index (χ1v) is 14.8. The van der Waals surface area contributed by atoms with Gasteiger partial charge in [0.15, 0.2) is 4.34 Å². The predicted molar refractivity (Wildman–Crippen MR) is 146 cm³/mol. The van der Waals surface area contributed by atoms with Gasteiger partial charge in [0.2, 0.25) is 9.70 Å². The lowest BCUT2D eigenvalue weighted by Crippen LogP contribution is -2.70. The predicted octanol–water partition coefficient (Wildman–Crippen LogP) is 5.92. The third kappa shape index (κ3) is 8.35. The second-order valence-corrected chi connectivity index (χ2v) is 15.5. The fourth-order valence-corrected chi connectivity index (χ4v) is 7.13. The molecule has 2 aromatic rings. The van der Waals surface area contributed by atoms with Gasteiger partial charge in [-0.25, -0.2) is 9.78 Å². The number of rotatable bonds is 8. The van der Waals surface area contributed by atoms with Gasteiger partial charge in [-0.1, -0.05) is 92.5 Å². The number of para-hydroxylation sites is 1. The number of benzene rings is 1. The minimum absolute atomic E-state index is 0.0832. The van der Waals surface area contributed by atoms with Gasteiger partial charge in [-0.15, -0.1) is 11.3 Å². The van der Waals surface area contributed by atoms with E-state index in [9.17, 15) is 14.4 Å². The SMILES string of the molecule is CC(=CC(=O)OCC(Cl)(Cl)Cl)CN1C(=O)C(NC(=O)C(Cl)(Cl)Cl)C1SSc1nc2ccccc2s1. The van der Waals surface area contributed by atoms with Crippen LogP contribution in [0.25, 0.3) is 10.2 Å². The summed E-state index contributed by atoms with van der Waals surface area (Å²) >= 11 is 35.2. The lowest BCUT2D eigenvalue weighted by Gasteiger charge is -2.46. The molecule has 35 heavy (non-hydrogen) atoms. The molecule has 2 atom stereocenters. The molecule has 1 saturated heterocycles. The number of β-lactam (4-membered cyclic amide) rings is 1. The number of hydrogen-bond acceptors (Lipinski definition) is 8. The first-order chi connectivity index (χ1) is 16.2. The first kappa shape index (κ1) is 29.3. The lowest BCUT2D eigenvalue weighted by molar-refractivity contribution is -0.147. The molecule has 0 aliphatic carbocycles. The number of ether oxygens (including phenoxy) is 1. The number of halogens is 6. The van der Waals surface area contributed by atoms with Crippen molar-refractivity contribution in [3.8, 4) is 0 Å². The molecule has 16 heteroatoms. The molecule has 7 nitrogen and oxygen atoms in total. The fraction of sp³-hybridized carbons (Fsp3) is 0.368. The van der Waals surface area contributed by atoms with Gasteiger partial charge in [0, 0.05) is 12.6 Å². The summed E-state index contributed by atoms with van der Waals surface area (Å²) in [5.74, 6) is -2.05. The third-order valence-corrected chi connectivity index (χ3v) is 9.24. The smallest absolute Gasteiger partial charge is 0.330 e. The summed E-state index contributed by atoms with van der Waals surface area (Å²) in [4.78, 5) is 43.0. The molecule has 3 rings (SSSR count). The number of fused-ring (bicyclic) bond motifs is 1. The van der Waals surface area contributed by atoms with Crippen LogP contribution in [0, 0.1) is 0 Å². The Morgan fingerprint density at radius 2 is 1.91 bits per heavy atom. The molecule has 0 bridgehead atoms. The van der Waals surface area contributed by atoms with E-state index < -0.39 is 43.4 Å². The van der Waals surface area contributed by atoms with Crippen LogP contribution in [0.5, 0.6) is 0 Å². The molecular formula is C19H15Cl6N3O4S3. The van der Waals surface area contributed by atoms with Gasteiger partial charge in [0.1, 0.15) is 18.0 Å². The molecule has 2 amide bonds. The average molecular weight is 658 g/mol. The summed E-state index contributed by atoms with van der Waals surface area (Å²) in [5.41, 5.74) is 1.37. The number of likely N-dealkylation sites (tertiary alicyclic amines) is 1. The Morgan fingerprint density at radius 3 is 2.54 bits per heavy atom. The molecule has 1 fully saturated rings. The standard InChI is InChI=1S/C19H15Cl6N3O4S3/c1-9(6-12(29)32-8-18(20,21)22)7-28-14(30)13(27-16(31)19(23,24)25)15(28)34-35-17-26-10-4-2-3-5-11(10)33-17/h2-6,13,15H,7-8H2,1H3,(H,27,31). The van der Waals surface area contributed by atoms with Crippen LogP contribution in [0.15, 0.2) is 40.3 Å². The second kappa shape index (κ2) is 12.0. The van der Waals surface area contributed by atoms with Crippen molar-refractivity contribution in [1.82, 2.24) is 15.2 Å². The van der Waals surface area contributed by atoms with Gasteiger partial charge in [-0.3, -0.25) is 9.59 Å². The Kier molecular flexibility index (Phi) is 10.1. The van der Waals surface area contributed by atoms with Gasteiger partial charge in [-0.05, 0) is 35.4 Å². The van der Waals surface area contributed by atoms with Crippen LogP contribution in [0.1, 0.15) is 6.92 Å². The van der Waals surface area contributed by atoms with E-state index in [1.54, 1.807) is 6.92 Å². The molecule has 0 saturated carbocycles. The molecular weight excluding hydrogens is 643 g/mol. The molecule has 1 aromatic carbocycles. The van der Waals surface area contributed by atoms with Crippen molar-refractivity contribution in [3.05, 3.63) is 35.9 Å². The monoisotopic (exact) mass is 655 g/mol. The number of thiazole rings is 1. The van der Waals surface area contributed by atoms with Crippen molar-refractivity contribution in [1.29, 1.82) is 0 Å². The number of carbonyl (C=O) groups excluding carboxylic acids is 3. The van der Waals surface area contributed by atoms with Gasteiger partial charge in [0.05, 0.1) is 10.2 Å². The normalized spacial score (nSPS) is 19.0. The van der Waals surface area contributed by atoms with Crippen molar-refractivity contribution in [3.63, 3.8) is 0 Å². The van der Waals surface area contributed by atoms with Crippen LogP contribution in [-0.2, 0) is 19.1 Å². The number of alkyl halides is 6. The van der Waals surface area contributed by atoms with E-state index in [1.165, 1.54) is 43.9 Å². The number of nitrogens with one attached hydrogen (secondary N) is 1. The van der Waals surface area contributed by atoms with E-state index in [0.29, 0.717) is 5.57 Å². The third-order valence-electron chi connectivity index (χ3n) is 4.34. The number of carbonyl (C=O) groups is 3. The highest BCUT2D eigenvalue weighted by molar-refractivity contribution is 8.77. The minimum atomic E-state index is -2.22. The molecule has 0 radical (unpaired) electrons. The summed E-state index contributed by atoms with van der Waals surface area (Å²) in [6.07, 6.45) is 1.19. The zero-order valence-electron chi connectivity index (χ0n) is 17.5. The van der Waals surface area contributed by atoms with E-state index in [-0.39, 0.29) is 6.54 Å². The molecule has 2 unspecified atom stereocenters. The number of hydrogen-bond donors (Lipinski definition) is 1. The molecule has 1 aliphatic heterocycles. The van der Waals surface area contributed by atoms with E-state index in [1.807, 2.05) is 24.3 Å². The Morgan fingerprint density at radius 1 is 1.23 bits per heavy atom. The van der Waals surface area contributed by atoms with Crippen LogP contribution >= 0.6 is 103 Å². The van der Waals surface area contributed by atoms with Crippen molar-refractivity contribution >= 4 is 131 Å². The second-order valence-electron chi connectivity index (χ2n) is 7.15. The van der Waals surface area contributed by atoms with Crippen molar-refractivity contribution in [2.45, 2.75) is 30.3 Å². The average Bonchev–Trinajstić information content (AvgIpc) is 3.17. The van der Waals surface area contributed by atoms with Crippen molar-refractivity contribution in [2.75, 3.05) is 13.2 Å². The maximum absolute atomic E-state index is 12.8. The van der Waals surface area contributed by atoms with Crippen molar-refractivity contribution < 1.29 is 19.1 Å². The zero-order valence-corrected chi connectivity index (χ0v) is 24.5. The molecule has 1 aromatic heterocycles.